The van der Waals surface area contributed by atoms with Gasteiger partial charge in [0.05, 0.1) is 18.2 Å². The number of rotatable bonds is 7. The third-order valence-corrected chi connectivity index (χ3v) is 5.29. The Morgan fingerprint density at radius 1 is 1.17 bits per heavy atom. The molecule has 0 saturated heterocycles. The highest BCUT2D eigenvalue weighted by Crippen LogP contribution is 2.31. The Labute approximate surface area is 173 Å². The van der Waals surface area contributed by atoms with Crippen LogP contribution in [0.2, 0.25) is 0 Å². The molecule has 1 aliphatic carbocycles. The van der Waals surface area contributed by atoms with E-state index < -0.39 is 6.61 Å². The van der Waals surface area contributed by atoms with Crippen molar-refractivity contribution >= 4 is 16.8 Å². The molecule has 3 aromatic rings. The number of para-hydroxylation sites is 1. The SMILES string of the molecule is COc1cc(CCNC(=O)c2c3c(nc4ccccc24)CCC3)ccc1OC(F)F. The second-order valence-electron chi connectivity index (χ2n) is 7.15. The van der Waals surface area contributed by atoms with Crippen LogP contribution in [0.1, 0.15) is 33.6 Å². The summed E-state index contributed by atoms with van der Waals surface area (Å²) >= 11 is 0. The number of benzene rings is 2. The van der Waals surface area contributed by atoms with Crippen molar-refractivity contribution in [3.63, 3.8) is 0 Å². The second kappa shape index (κ2) is 8.65. The third kappa shape index (κ3) is 4.06. The number of carbonyl (C=O) groups is 1. The molecule has 0 saturated carbocycles. The zero-order chi connectivity index (χ0) is 21.1. The number of hydrogen-bond donors (Lipinski definition) is 1. The summed E-state index contributed by atoms with van der Waals surface area (Å²) in [6.45, 7) is -2.51. The van der Waals surface area contributed by atoms with Gasteiger partial charge in [0.25, 0.3) is 5.91 Å². The summed E-state index contributed by atoms with van der Waals surface area (Å²) in [6.07, 6.45) is 3.29. The van der Waals surface area contributed by atoms with Gasteiger partial charge in [-0.1, -0.05) is 24.3 Å². The van der Waals surface area contributed by atoms with Crippen molar-refractivity contribution < 1.29 is 23.0 Å². The Bertz CT molecular complexity index is 1090. The minimum absolute atomic E-state index is 0.0147. The number of halogens is 2. The monoisotopic (exact) mass is 412 g/mol. The van der Waals surface area contributed by atoms with E-state index >= 15 is 0 Å². The minimum atomic E-state index is -2.92. The summed E-state index contributed by atoms with van der Waals surface area (Å²) in [5.41, 5.74) is 4.45. The number of carbonyl (C=O) groups excluding carboxylic acids is 1. The molecule has 4 rings (SSSR count). The predicted molar refractivity (Wildman–Crippen MR) is 109 cm³/mol. The van der Waals surface area contributed by atoms with Crippen molar-refractivity contribution in [2.24, 2.45) is 0 Å². The molecule has 0 atom stereocenters. The highest BCUT2D eigenvalue weighted by atomic mass is 19.3. The molecule has 0 aliphatic heterocycles. The largest absolute Gasteiger partial charge is 0.493 e. The summed E-state index contributed by atoms with van der Waals surface area (Å²) < 4.78 is 34.5. The van der Waals surface area contributed by atoms with Gasteiger partial charge in [0, 0.05) is 17.6 Å². The molecular weight excluding hydrogens is 390 g/mol. The number of pyridine rings is 1. The van der Waals surface area contributed by atoms with Crippen molar-refractivity contribution in [2.45, 2.75) is 32.3 Å². The van der Waals surface area contributed by atoms with E-state index in [0.29, 0.717) is 18.5 Å². The van der Waals surface area contributed by atoms with Gasteiger partial charge in [0.15, 0.2) is 11.5 Å². The Morgan fingerprint density at radius 2 is 2.00 bits per heavy atom. The third-order valence-electron chi connectivity index (χ3n) is 5.29. The summed E-state index contributed by atoms with van der Waals surface area (Å²) in [6, 6.07) is 12.5. The van der Waals surface area contributed by atoms with Crippen LogP contribution in [0, 0.1) is 0 Å². The predicted octanol–water partition coefficient (Wildman–Crippen LogP) is 4.31. The fourth-order valence-corrected chi connectivity index (χ4v) is 3.94. The van der Waals surface area contributed by atoms with Crippen LogP contribution in [-0.4, -0.2) is 31.2 Å². The zero-order valence-corrected chi connectivity index (χ0v) is 16.6. The first-order valence-electron chi connectivity index (χ1n) is 9.87. The average molecular weight is 412 g/mol. The van der Waals surface area contributed by atoms with Gasteiger partial charge < -0.3 is 14.8 Å². The van der Waals surface area contributed by atoms with Gasteiger partial charge in [0.1, 0.15) is 0 Å². The summed E-state index contributed by atoms with van der Waals surface area (Å²) in [4.78, 5) is 17.8. The maximum atomic E-state index is 13.0. The lowest BCUT2D eigenvalue weighted by Gasteiger charge is -2.14. The smallest absolute Gasteiger partial charge is 0.387 e. The minimum Gasteiger partial charge on any atom is -0.493 e. The van der Waals surface area contributed by atoms with Crippen LogP contribution in [0.15, 0.2) is 42.5 Å². The van der Waals surface area contributed by atoms with E-state index in [1.54, 1.807) is 12.1 Å². The lowest BCUT2D eigenvalue weighted by Crippen LogP contribution is -2.27. The van der Waals surface area contributed by atoms with Crippen LogP contribution < -0.4 is 14.8 Å². The van der Waals surface area contributed by atoms with Gasteiger partial charge in [0.2, 0.25) is 0 Å². The van der Waals surface area contributed by atoms with Gasteiger partial charge in [-0.2, -0.15) is 8.78 Å². The first-order chi connectivity index (χ1) is 14.6. The molecule has 1 aromatic heterocycles. The standard InChI is InChI=1S/C23H22F2N2O3/c1-29-20-13-14(9-10-19(20)30-23(24)25)11-12-26-22(28)21-15-5-2-3-7-17(15)27-18-8-4-6-16(18)21/h2-3,5,7,9-10,13,23H,4,6,8,11-12H2,1H3,(H,26,28). The fraction of sp³-hybridized carbons (Fsp3) is 0.304. The Kier molecular flexibility index (Phi) is 5.79. The van der Waals surface area contributed by atoms with Crippen LogP contribution in [0.25, 0.3) is 10.9 Å². The number of hydrogen-bond acceptors (Lipinski definition) is 4. The van der Waals surface area contributed by atoms with E-state index in [1.165, 1.54) is 13.2 Å². The van der Waals surface area contributed by atoms with Crippen molar-refractivity contribution in [1.82, 2.24) is 10.3 Å². The van der Waals surface area contributed by atoms with Gasteiger partial charge in [-0.25, -0.2) is 0 Å². The zero-order valence-electron chi connectivity index (χ0n) is 16.6. The molecule has 0 spiro atoms. The van der Waals surface area contributed by atoms with Crippen molar-refractivity contribution in [3.8, 4) is 11.5 Å². The molecule has 1 amide bonds. The molecule has 1 N–H and O–H groups in total. The lowest BCUT2D eigenvalue weighted by molar-refractivity contribution is -0.0512. The Hall–Kier alpha value is -3.22. The number of aryl methyl sites for hydroxylation is 1. The van der Waals surface area contributed by atoms with Crippen LogP contribution in [-0.2, 0) is 19.3 Å². The van der Waals surface area contributed by atoms with E-state index in [0.717, 1.165) is 47.0 Å². The van der Waals surface area contributed by atoms with Crippen molar-refractivity contribution in [1.29, 1.82) is 0 Å². The van der Waals surface area contributed by atoms with E-state index in [-0.39, 0.29) is 17.4 Å². The van der Waals surface area contributed by atoms with E-state index in [2.05, 4.69) is 10.1 Å². The van der Waals surface area contributed by atoms with E-state index in [4.69, 9.17) is 9.72 Å². The molecule has 156 valence electrons. The van der Waals surface area contributed by atoms with Crippen LogP contribution in [0.3, 0.4) is 0 Å². The number of nitrogens with one attached hydrogen (secondary N) is 1. The van der Waals surface area contributed by atoms with Gasteiger partial charge in [-0.05, 0) is 55.0 Å². The second-order valence-corrected chi connectivity index (χ2v) is 7.15. The molecule has 7 heteroatoms. The Morgan fingerprint density at radius 3 is 2.80 bits per heavy atom. The number of fused-ring (bicyclic) bond motifs is 2. The molecule has 0 bridgehead atoms. The molecule has 1 heterocycles. The normalized spacial score (nSPS) is 12.8. The van der Waals surface area contributed by atoms with Gasteiger partial charge in [-0.15, -0.1) is 0 Å². The van der Waals surface area contributed by atoms with Crippen LogP contribution in [0.4, 0.5) is 8.78 Å². The number of nitrogens with zero attached hydrogens (tertiary/aromatic N) is 1. The number of methoxy groups -OCH3 is 1. The highest BCUT2D eigenvalue weighted by molar-refractivity contribution is 6.07. The van der Waals surface area contributed by atoms with Gasteiger partial charge >= 0.3 is 6.61 Å². The molecular formula is C23H22F2N2O3. The van der Waals surface area contributed by atoms with E-state index in [9.17, 15) is 13.6 Å². The number of aromatic nitrogens is 1. The number of alkyl halides is 2. The Balaban J connectivity index is 1.49. The van der Waals surface area contributed by atoms with Gasteiger partial charge in [-0.3, -0.25) is 9.78 Å². The summed E-state index contributed by atoms with van der Waals surface area (Å²) in [5, 5.41) is 3.86. The van der Waals surface area contributed by atoms with Crippen molar-refractivity contribution in [2.75, 3.05) is 13.7 Å². The molecule has 5 nitrogen and oxygen atoms in total. The average Bonchev–Trinajstić information content (AvgIpc) is 3.20. The lowest BCUT2D eigenvalue weighted by atomic mass is 10.0. The summed E-state index contributed by atoms with van der Waals surface area (Å²) in [5.74, 6) is 0.104. The first kappa shape index (κ1) is 20.1. The van der Waals surface area contributed by atoms with Crippen molar-refractivity contribution in [3.05, 3.63) is 64.8 Å². The summed E-state index contributed by atoms with van der Waals surface area (Å²) in [7, 11) is 1.40. The molecule has 0 fully saturated rings. The maximum absolute atomic E-state index is 13.0. The first-order valence-corrected chi connectivity index (χ1v) is 9.87. The molecule has 0 unspecified atom stereocenters. The van der Waals surface area contributed by atoms with Crippen LogP contribution in [0.5, 0.6) is 11.5 Å². The molecule has 0 radical (unpaired) electrons. The topological polar surface area (TPSA) is 60.5 Å². The van der Waals surface area contributed by atoms with E-state index in [1.807, 2.05) is 24.3 Å². The molecule has 30 heavy (non-hydrogen) atoms. The number of ether oxygens (including phenoxy) is 2. The highest BCUT2D eigenvalue weighted by Gasteiger charge is 2.23. The quantitative estimate of drug-likeness (QED) is 0.628. The molecule has 1 aliphatic rings. The van der Waals surface area contributed by atoms with Crippen LogP contribution >= 0.6 is 0 Å². The number of amides is 1. The fourth-order valence-electron chi connectivity index (χ4n) is 3.94. The molecule has 2 aromatic carbocycles. The maximum Gasteiger partial charge on any atom is 0.387 e.